The summed E-state index contributed by atoms with van der Waals surface area (Å²) >= 11 is 0. The normalized spacial score (nSPS) is 17.5. The van der Waals surface area contributed by atoms with Gasteiger partial charge in [0.2, 0.25) is 0 Å². The van der Waals surface area contributed by atoms with Crippen molar-refractivity contribution in [3.05, 3.63) is 53.3 Å². The lowest BCUT2D eigenvalue weighted by atomic mass is 10.1. The molecule has 152 valence electrons. The molecule has 2 heterocycles. The standard InChI is InChI=1S/C20H25F3N4O/c1-15-4-6-16(7-5-15)8-11-26(14-20(21,22)23)19(28)18-9-12-27(25-18)17-3-2-10-24-13-17/h4-7,9,12,17,24H,2-3,8,10-11,13-14H2,1H3. The maximum atomic E-state index is 13.0. The monoisotopic (exact) mass is 394 g/mol. The lowest BCUT2D eigenvalue weighted by Crippen LogP contribution is -2.40. The third kappa shape index (κ3) is 5.58. The molecule has 8 heteroatoms. The van der Waals surface area contributed by atoms with Crippen LogP contribution in [0.2, 0.25) is 0 Å². The third-order valence-corrected chi connectivity index (χ3v) is 4.92. The van der Waals surface area contributed by atoms with Crippen LogP contribution in [-0.4, -0.2) is 52.9 Å². The Morgan fingerprint density at radius 2 is 2.04 bits per heavy atom. The van der Waals surface area contributed by atoms with Gasteiger partial charge in [-0.15, -0.1) is 0 Å². The fraction of sp³-hybridized carbons (Fsp3) is 0.500. The molecule has 0 radical (unpaired) electrons. The van der Waals surface area contributed by atoms with Crippen LogP contribution in [0.25, 0.3) is 0 Å². The molecule has 1 atom stereocenters. The fourth-order valence-corrected chi connectivity index (χ4v) is 3.36. The Labute approximate surface area is 162 Å². The van der Waals surface area contributed by atoms with Crippen LogP contribution < -0.4 is 5.32 Å². The first kappa shape index (κ1) is 20.4. The van der Waals surface area contributed by atoms with Gasteiger partial charge < -0.3 is 10.2 Å². The molecule has 5 nitrogen and oxygen atoms in total. The zero-order valence-electron chi connectivity index (χ0n) is 15.9. The Hall–Kier alpha value is -2.35. The summed E-state index contributed by atoms with van der Waals surface area (Å²) in [7, 11) is 0. The Bertz CT molecular complexity index is 779. The fourth-order valence-electron chi connectivity index (χ4n) is 3.36. The minimum atomic E-state index is -4.46. The average Bonchev–Trinajstić information content (AvgIpc) is 3.16. The topological polar surface area (TPSA) is 50.2 Å². The molecule has 1 aromatic carbocycles. The van der Waals surface area contributed by atoms with Gasteiger partial charge in [-0.25, -0.2) is 0 Å². The van der Waals surface area contributed by atoms with Gasteiger partial charge in [0.05, 0.1) is 6.04 Å². The summed E-state index contributed by atoms with van der Waals surface area (Å²) in [5, 5.41) is 7.53. The molecule has 1 aromatic heterocycles. The van der Waals surface area contributed by atoms with E-state index in [1.54, 1.807) is 10.9 Å². The number of rotatable bonds is 6. The van der Waals surface area contributed by atoms with Crippen molar-refractivity contribution in [2.75, 3.05) is 26.2 Å². The Balaban J connectivity index is 1.70. The lowest BCUT2D eigenvalue weighted by molar-refractivity contribution is -0.140. The van der Waals surface area contributed by atoms with Gasteiger partial charge in [-0.1, -0.05) is 29.8 Å². The van der Waals surface area contributed by atoms with Crippen LogP contribution in [0.1, 0.15) is 40.5 Å². The summed E-state index contributed by atoms with van der Waals surface area (Å²) in [6.07, 6.45) is -0.489. The van der Waals surface area contributed by atoms with Gasteiger partial charge in [-0.2, -0.15) is 18.3 Å². The van der Waals surface area contributed by atoms with E-state index < -0.39 is 18.6 Å². The highest BCUT2D eigenvalue weighted by molar-refractivity contribution is 5.92. The largest absolute Gasteiger partial charge is 0.406 e. The number of hydrogen-bond donors (Lipinski definition) is 1. The van der Waals surface area contributed by atoms with Crippen LogP contribution in [0.4, 0.5) is 13.2 Å². The van der Waals surface area contributed by atoms with E-state index in [0.29, 0.717) is 6.42 Å². The molecule has 0 aliphatic carbocycles. The first-order chi connectivity index (χ1) is 13.3. The molecule has 1 aliphatic heterocycles. The Morgan fingerprint density at radius 3 is 2.68 bits per heavy atom. The van der Waals surface area contributed by atoms with Crippen LogP contribution in [0.5, 0.6) is 0 Å². The first-order valence-corrected chi connectivity index (χ1v) is 9.49. The number of halogens is 3. The molecule has 0 bridgehead atoms. The van der Waals surface area contributed by atoms with Crippen molar-refractivity contribution in [3.63, 3.8) is 0 Å². The number of benzene rings is 1. The molecule has 0 saturated carbocycles. The second kappa shape index (κ2) is 8.77. The molecule has 1 aliphatic rings. The number of aromatic nitrogens is 2. The maximum Gasteiger partial charge on any atom is 0.406 e. The molecular weight excluding hydrogens is 369 g/mol. The zero-order chi connectivity index (χ0) is 20.1. The van der Waals surface area contributed by atoms with Crippen LogP contribution in [0, 0.1) is 6.92 Å². The quantitative estimate of drug-likeness (QED) is 0.817. The molecule has 1 saturated heterocycles. The van der Waals surface area contributed by atoms with Gasteiger partial charge in [0.1, 0.15) is 12.2 Å². The lowest BCUT2D eigenvalue weighted by Gasteiger charge is -2.24. The van der Waals surface area contributed by atoms with Gasteiger partial charge in [-0.3, -0.25) is 9.48 Å². The maximum absolute atomic E-state index is 13.0. The van der Waals surface area contributed by atoms with Crippen molar-refractivity contribution in [2.24, 2.45) is 0 Å². The van der Waals surface area contributed by atoms with Gasteiger partial charge in [-0.05, 0) is 44.4 Å². The number of amides is 1. The van der Waals surface area contributed by atoms with Gasteiger partial charge >= 0.3 is 6.18 Å². The second-order valence-corrected chi connectivity index (χ2v) is 7.26. The summed E-state index contributed by atoms with van der Waals surface area (Å²) in [5.41, 5.74) is 2.03. The van der Waals surface area contributed by atoms with Crippen LogP contribution in [0.15, 0.2) is 36.5 Å². The highest BCUT2D eigenvalue weighted by atomic mass is 19.4. The highest BCUT2D eigenvalue weighted by Crippen LogP contribution is 2.20. The molecule has 1 unspecified atom stereocenters. The summed E-state index contributed by atoms with van der Waals surface area (Å²) in [6, 6.07) is 9.19. The minimum absolute atomic E-state index is 0.0146. The number of nitrogens with one attached hydrogen (secondary N) is 1. The van der Waals surface area contributed by atoms with Gasteiger partial charge in [0.15, 0.2) is 0 Å². The van der Waals surface area contributed by atoms with Gasteiger partial charge in [0.25, 0.3) is 5.91 Å². The highest BCUT2D eigenvalue weighted by Gasteiger charge is 2.34. The minimum Gasteiger partial charge on any atom is -0.328 e. The van der Waals surface area contributed by atoms with Crippen molar-refractivity contribution in [1.29, 1.82) is 0 Å². The molecule has 2 aromatic rings. The summed E-state index contributed by atoms with van der Waals surface area (Å²) in [4.78, 5) is 13.6. The summed E-state index contributed by atoms with van der Waals surface area (Å²) in [6.45, 7) is 2.34. The van der Waals surface area contributed by atoms with Crippen molar-refractivity contribution in [3.8, 4) is 0 Å². The Kier molecular flexibility index (Phi) is 6.39. The first-order valence-electron chi connectivity index (χ1n) is 9.49. The number of carbonyl (C=O) groups is 1. The molecule has 28 heavy (non-hydrogen) atoms. The van der Waals surface area contributed by atoms with Crippen LogP contribution in [-0.2, 0) is 6.42 Å². The number of hydrogen-bond acceptors (Lipinski definition) is 3. The summed E-state index contributed by atoms with van der Waals surface area (Å²) in [5.74, 6) is -0.688. The van der Waals surface area contributed by atoms with Crippen molar-refractivity contribution >= 4 is 5.91 Å². The van der Waals surface area contributed by atoms with Crippen LogP contribution in [0.3, 0.4) is 0 Å². The van der Waals surface area contributed by atoms with E-state index in [9.17, 15) is 18.0 Å². The van der Waals surface area contributed by atoms with E-state index in [-0.39, 0.29) is 18.3 Å². The molecular formula is C20H25F3N4O. The zero-order valence-corrected chi connectivity index (χ0v) is 15.9. The smallest absolute Gasteiger partial charge is 0.328 e. The second-order valence-electron chi connectivity index (χ2n) is 7.26. The van der Waals surface area contributed by atoms with E-state index in [1.807, 2.05) is 31.2 Å². The predicted molar refractivity (Wildman–Crippen MR) is 100 cm³/mol. The molecule has 0 spiro atoms. The molecule has 3 rings (SSSR count). The number of nitrogens with zero attached hydrogens (tertiary/aromatic N) is 3. The van der Waals surface area contributed by atoms with Crippen molar-refractivity contribution < 1.29 is 18.0 Å². The Morgan fingerprint density at radius 1 is 1.29 bits per heavy atom. The molecule has 1 amide bonds. The van der Waals surface area contributed by atoms with Crippen LogP contribution >= 0.6 is 0 Å². The average molecular weight is 394 g/mol. The number of alkyl halides is 3. The van der Waals surface area contributed by atoms with E-state index in [2.05, 4.69) is 10.4 Å². The number of carbonyl (C=O) groups excluding carboxylic acids is 1. The van der Waals surface area contributed by atoms with E-state index in [1.165, 1.54) is 6.07 Å². The predicted octanol–water partition coefficient (Wildman–Crippen LogP) is 3.36. The third-order valence-electron chi connectivity index (χ3n) is 4.92. The van der Waals surface area contributed by atoms with Gasteiger partial charge in [0, 0.05) is 19.3 Å². The molecule has 1 fully saturated rings. The summed E-state index contributed by atoms with van der Waals surface area (Å²) < 4.78 is 40.8. The molecule has 1 N–H and O–H groups in total. The SMILES string of the molecule is Cc1ccc(CCN(CC(F)(F)F)C(=O)c2ccn(C3CCCNC3)n2)cc1. The van der Waals surface area contributed by atoms with Crippen molar-refractivity contribution in [1.82, 2.24) is 20.0 Å². The van der Waals surface area contributed by atoms with E-state index >= 15 is 0 Å². The number of piperidine rings is 1. The number of aryl methyl sites for hydroxylation is 1. The van der Waals surface area contributed by atoms with E-state index in [0.717, 1.165) is 42.0 Å². The van der Waals surface area contributed by atoms with E-state index in [4.69, 9.17) is 0 Å². The van der Waals surface area contributed by atoms with Crippen molar-refractivity contribution in [2.45, 2.75) is 38.4 Å².